The molecule has 15 heavy (non-hydrogen) atoms. The molecule has 1 rings (SSSR count). The van der Waals surface area contributed by atoms with E-state index in [2.05, 4.69) is 32.3 Å². The Balaban J connectivity index is 2.18. The van der Waals surface area contributed by atoms with E-state index in [0.717, 1.165) is 37.2 Å². The Morgan fingerprint density at radius 2 is 1.80 bits per heavy atom. The molecule has 86 valence electrons. The van der Waals surface area contributed by atoms with Crippen molar-refractivity contribution < 1.29 is 9.90 Å². The van der Waals surface area contributed by atoms with E-state index in [1.54, 1.807) is 0 Å². The van der Waals surface area contributed by atoms with Gasteiger partial charge in [0.2, 0.25) is 0 Å². The summed E-state index contributed by atoms with van der Waals surface area (Å²) >= 11 is 3.35. The molecule has 1 aliphatic heterocycles. The third-order valence-electron chi connectivity index (χ3n) is 2.50. The van der Waals surface area contributed by atoms with Gasteiger partial charge in [-0.3, -0.25) is 9.69 Å². The van der Waals surface area contributed by atoms with Gasteiger partial charge in [-0.15, -0.1) is 0 Å². The summed E-state index contributed by atoms with van der Waals surface area (Å²) in [5.41, 5.74) is 0. The van der Waals surface area contributed by atoms with Gasteiger partial charge in [-0.2, -0.15) is 0 Å². The van der Waals surface area contributed by atoms with Crippen LogP contribution in [-0.4, -0.2) is 60.1 Å². The molecule has 5 heteroatoms. The summed E-state index contributed by atoms with van der Waals surface area (Å²) in [5, 5.41) is 8.56. The number of aliphatic carboxylic acids is 1. The quantitative estimate of drug-likeness (QED) is 0.814. The van der Waals surface area contributed by atoms with Crippen LogP contribution < -0.4 is 0 Å². The van der Waals surface area contributed by atoms with E-state index in [4.69, 9.17) is 5.11 Å². The standard InChI is InChI=1S/C10H17BrN2O2/c1-9(11)8-13-6-4-12(5-7-13)3-2-10(14)15/h1-8H2,(H,14,15). The van der Waals surface area contributed by atoms with Crippen molar-refractivity contribution in [1.29, 1.82) is 0 Å². The fourth-order valence-electron chi connectivity index (χ4n) is 1.67. The van der Waals surface area contributed by atoms with Gasteiger partial charge in [0.25, 0.3) is 0 Å². The molecule has 1 saturated heterocycles. The lowest BCUT2D eigenvalue weighted by molar-refractivity contribution is -0.137. The number of halogens is 1. The maximum Gasteiger partial charge on any atom is 0.304 e. The molecule has 0 radical (unpaired) electrons. The smallest absolute Gasteiger partial charge is 0.304 e. The van der Waals surface area contributed by atoms with E-state index in [0.29, 0.717) is 6.54 Å². The molecule has 0 aromatic carbocycles. The molecule has 0 aromatic heterocycles. The zero-order chi connectivity index (χ0) is 11.3. The molecule has 0 aromatic rings. The lowest BCUT2D eigenvalue weighted by Crippen LogP contribution is -2.47. The first-order valence-electron chi connectivity index (χ1n) is 5.07. The second-order valence-electron chi connectivity index (χ2n) is 3.78. The molecule has 1 N–H and O–H groups in total. The Labute approximate surface area is 98.7 Å². The number of carboxylic acids is 1. The normalized spacial score (nSPS) is 19.0. The highest BCUT2D eigenvalue weighted by atomic mass is 79.9. The van der Waals surface area contributed by atoms with E-state index in [1.165, 1.54) is 0 Å². The van der Waals surface area contributed by atoms with Crippen molar-refractivity contribution in [1.82, 2.24) is 9.80 Å². The van der Waals surface area contributed by atoms with E-state index in [-0.39, 0.29) is 6.42 Å². The van der Waals surface area contributed by atoms with E-state index in [9.17, 15) is 4.79 Å². The van der Waals surface area contributed by atoms with Crippen LogP contribution in [0.5, 0.6) is 0 Å². The minimum absolute atomic E-state index is 0.241. The molecular formula is C10H17BrN2O2. The molecule has 0 amide bonds. The molecular weight excluding hydrogens is 260 g/mol. The first-order valence-corrected chi connectivity index (χ1v) is 5.87. The largest absolute Gasteiger partial charge is 0.481 e. The van der Waals surface area contributed by atoms with Crippen molar-refractivity contribution >= 4 is 21.9 Å². The number of carbonyl (C=O) groups is 1. The van der Waals surface area contributed by atoms with Crippen LogP contribution in [0.15, 0.2) is 11.1 Å². The second kappa shape index (κ2) is 6.25. The number of nitrogens with zero attached hydrogens (tertiary/aromatic N) is 2. The fraction of sp³-hybridized carbons (Fsp3) is 0.700. The van der Waals surface area contributed by atoms with Crippen LogP contribution in [0.4, 0.5) is 0 Å². The molecule has 0 bridgehead atoms. The lowest BCUT2D eigenvalue weighted by atomic mass is 10.3. The molecule has 0 spiro atoms. The second-order valence-corrected chi connectivity index (χ2v) is 4.90. The number of hydrogen-bond acceptors (Lipinski definition) is 3. The van der Waals surface area contributed by atoms with Gasteiger partial charge in [0.05, 0.1) is 6.42 Å². The average molecular weight is 277 g/mol. The molecule has 0 unspecified atom stereocenters. The maximum absolute atomic E-state index is 10.4. The van der Waals surface area contributed by atoms with E-state index in [1.807, 2.05) is 0 Å². The van der Waals surface area contributed by atoms with Gasteiger partial charge in [0.15, 0.2) is 0 Å². The molecule has 0 atom stereocenters. The Kier molecular flexibility index (Phi) is 5.28. The third-order valence-corrected chi connectivity index (χ3v) is 2.75. The lowest BCUT2D eigenvalue weighted by Gasteiger charge is -2.34. The predicted octanol–water partition coefficient (Wildman–Crippen LogP) is 0.987. The van der Waals surface area contributed by atoms with Crippen molar-refractivity contribution in [2.75, 3.05) is 39.3 Å². The Morgan fingerprint density at radius 3 is 2.27 bits per heavy atom. The van der Waals surface area contributed by atoms with Crippen LogP contribution in [0.25, 0.3) is 0 Å². The van der Waals surface area contributed by atoms with Gasteiger partial charge in [0.1, 0.15) is 0 Å². The Hall–Kier alpha value is -0.390. The summed E-state index contributed by atoms with van der Waals surface area (Å²) in [4.78, 5) is 14.9. The topological polar surface area (TPSA) is 43.8 Å². The molecule has 1 heterocycles. The van der Waals surface area contributed by atoms with Crippen molar-refractivity contribution in [3.05, 3.63) is 11.1 Å². The fourth-order valence-corrected chi connectivity index (χ4v) is 2.02. The van der Waals surface area contributed by atoms with Crippen LogP contribution in [0.3, 0.4) is 0 Å². The Bertz CT molecular complexity index is 238. The molecule has 0 aliphatic carbocycles. The van der Waals surface area contributed by atoms with Crippen LogP contribution in [-0.2, 0) is 4.79 Å². The highest BCUT2D eigenvalue weighted by Crippen LogP contribution is 2.08. The van der Waals surface area contributed by atoms with Crippen LogP contribution in [0.2, 0.25) is 0 Å². The first kappa shape index (κ1) is 12.7. The van der Waals surface area contributed by atoms with Crippen LogP contribution >= 0.6 is 15.9 Å². The van der Waals surface area contributed by atoms with Gasteiger partial charge in [-0.25, -0.2) is 0 Å². The SMILES string of the molecule is C=C(Br)CN1CCN(CCC(=O)O)CC1. The average Bonchev–Trinajstić information content (AvgIpc) is 2.16. The monoisotopic (exact) mass is 276 g/mol. The van der Waals surface area contributed by atoms with Gasteiger partial charge in [0, 0.05) is 43.8 Å². The van der Waals surface area contributed by atoms with E-state index >= 15 is 0 Å². The van der Waals surface area contributed by atoms with Crippen molar-refractivity contribution in [2.24, 2.45) is 0 Å². The number of carboxylic acid groups (broad SMARTS) is 1. The molecule has 4 nitrogen and oxygen atoms in total. The van der Waals surface area contributed by atoms with Gasteiger partial charge < -0.3 is 10.0 Å². The van der Waals surface area contributed by atoms with Gasteiger partial charge in [-0.05, 0) is 0 Å². The van der Waals surface area contributed by atoms with Crippen molar-refractivity contribution in [3.8, 4) is 0 Å². The van der Waals surface area contributed by atoms with Gasteiger partial charge in [-0.1, -0.05) is 22.5 Å². The zero-order valence-corrected chi connectivity index (χ0v) is 10.4. The number of piperazine rings is 1. The summed E-state index contributed by atoms with van der Waals surface area (Å²) in [5.74, 6) is -0.716. The zero-order valence-electron chi connectivity index (χ0n) is 8.78. The van der Waals surface area contributed by atoms with E-state index < -0.39 is 5.97 Å². The Morgan fingerprint density at radius 1 is 1.27 bits per heavy atom. The minimum atomic E-state index is -0.716. The summed E-state index contributed by atoms with van der Waals surface area (Å²) in [6.45, 7) is 9.24. The summed E-state index contributed by atoms with van der Waals surface area (Å²) in [6, 6.07) is 0. The highest BCUT2D eigenvalue weighted by Gasteiger charge is 2.16. The molecule has 0 saturated carbocycles. The van der Waals surface area contributed by atoms with Crippen LogP contribution in [0, 0.1) is 0 Å². The summed E-state index contributed by atoms with van der Waals surface area (Å²) in [6.07, 6.45) is 0.241. The highest BCUT2D eigenvalue weighted by molar-refractivity contribution is 9.11. The number of hydrogen-bond donors (Lipinski definition) is 1. The molecule has 1 fully saturated rings. The minimum Gasteiger partial charge on any atom is -0.481 e. The van der Waals surface area contributed by atoms with Crippen molar-refractivity contribution in [3.63, 3.8) is 0 Å². The number of rotatable bonds is 5. The maximum atomic E-state index is 10.4. The first-order chi connectivity index (χ1) is 7.08. The summed E-state index contributed by atoms with van der Waals surface area (Å²) < 4.78 is 1.00. The third kappa shape index (κ3) is 5.30. The van der Waals surface area contributed by atoms with Gasteiger partial charge >= 0.3 is 5.97 Å². The molecule has 1 aliphatic rings. The predicted molar refractivity (Wildman–Crippen MR) is 63.2 cm³/mol. The summed E-state index contributed by atoms with van der Waals surface area (Å²) in [7, 11) is 0. The van der Waals surface area contributed by atoms with Crippen LogP contribution in [0.1, 0.15) is 6.42 Å². The van der Waals surface area contributed by atoms with Crippen molar-refractivity contribution in [2.45, 2.75) is 6.42 Å².